The Morgan fingerprint density at radius 3 is 2.26 bits per heavy atom. The predicted octanol–water partition coefficient (Wildman–Crippen LogP) is 5.26. The van der Waals surface area contributed by atoms with E-state index in [0.29, 0.717) is 44.0 Å². The third kappa shape index (κ3) is 9.01. The number of ether oxygens (including phenoxy) is 2. The van der Waals surface area contributed by atoms with Gasteiger partial charge in [0, 0.05) is 24.4 Å². The van der Waals surface area contributed by atoms with Gasteiger partial charge in [0.15, 0.2) is 11.5 Å². The standard InChI is InChI=1S/C27H40N2O4S/c1-20(2)17-29(25(30)16-27(3,4)5)19-26(31)28(18-22-9-8-14-34-22)13-12-21-10-11-23(32-6)24(15-21)33-7/h8-11,14-15,20H,12-13,16-19H2,1-7H3. The fourth-order valence-electron chi connectivity index (χ4n) is 3.71. The zero-order valence-electron chi connectivity index (χ0n) is 21.7. The van der Waals surface area contributed by atoms with E-state index < -0.39 is 0 Å². The first kappa shape index (κ1) is 27.7. The van der Waals surface area contributed by atoms with Crippen LogP contribution in [0, 0.1) is 11.3 Å². The first-order chi connectivity index (χ1) is 16.0. The van der Waals surface area contributed by atoms with E-state index in [2.05, 4.69) is 13.8 Å². The van der Waals surface area contributed by atoms with E-state index in [1.807, 2.05) is 61.4 Å². The van der Waals surface area contributed by atoms with Gasteiger partial charge in [-0.25, -0.2) is 0 Å². The van der Waals surface area contributed by atoms with Crippen LogP contribution in [0.4, 0.5) is 0 Å². The summed E-state index contributed by atoms with van der Waals surface area (Å²) >= 11 is 1.63. The Kier molecular flexibility index (Phi) is 10.4. The van der Waals surface area contributed by atoms with Crippen molar-refractivity contribution in [3.63, 3.8) is 0 Å². The lowest BCUT2D eigenvalue weighted by Crippen LogP contribution is -2.45. The van der Waals surface area contributed by atoms with Gasteiger partial charge in [-0.1, -0.05) is 46.8 Å². The highest BCUT2D eigenvalue weighted by molar-refractivity contribution is 7.09. The maximum atomic E-state index is 13.5. The molecule has 0 bridgehead atoms. The lowest BCUT2D eigenvalue weighted by Gasteiger charge is -2.30. The monoisotopic (exact) mass is 488 g/mol. The molecule has 0 radical (unpaired) electrons. The fourth-order valence-corrected chi connectivity index (χ4v) is 4.43. The first-order valence-electron chi connectivity index (χ1n) is 11.8. The van der Waals surface area contributed by atoms with Crippen LogP contribution in [-0.4, -0.2) is 55.5 Å². The number of rotatable bonds is 12. The molecule has 0 saturated heterocycles. The quantitative estimate of drug-likeness (QED) is 0.409. The van der Waals surface area contributed by atoms with Crippen molar-refractivity contribution in [1.82, 2.24) is 9.80 Å². The van der Waals surface area contributed by atoms with Gasteiger partial charge < -0.3 is 19.3 Å². The van der Waals surface area contributed by atoms with Crippen LogP contribution in [0.1, 0.15) is 51.5 Å². The minimum Gasteiger partial charge on any atom is -0.493 e. The van der Waals surface area contributed by atoms with Crippen LogP contribution < -0.4 is 9.47 Å². The largest absolute Gasteiger partial charge is 0.493 e. The number of benzene rings is 1. The average molecular weight is 489 g/mol. The highest BCUT2D eigenvalue weighted by atomic mass is 32.1. The van der Waals surface area contributed by atoms with Gasteiger partial charge in [-0.3, -0.25) is 9.59 Å². The second-order valence-corrected chi connectivity index (χ2v) is 11.3. The van der Waals surface area contributed by atoms with Crippen LogP contribution >= 0.6 is 11.3 Å². The normalized spacial score (nSPS) is 11.4. The molecule has 7 heteroatoms. The molecule has 2 amide bonds. The first-order valence-corrected chi connectivity index (χ1v) is 12.7. The van der Waals surface area contributed by atoms with Crippen LogP contribution in [0.25, 0.3) is 0 Å². The number of carbonyl (C=O) groups is 2. The lowest BCUT2D eigenvalue weighted by molar-refractivity contribution is -0.142. The summed E-state index contributed by atoms with van der Waals surface area (Å²) in [6.07, 6.45) is 1.10. The van der Waals surface area contributed by atoms with Crippen molar-refractivity contribution in [3.8, 4) is 11.5 Å². The van der Waals surface area contributed by atoms with Crippen LogP contribution in [0.2, 0.25) is 0 Å². The molecule has 0 saturated carbocycles. The second-order valence-electron chi connectivity index (χ2n) is 10.2. The Morgan fingerprint density at radius 2 is 1.71 bits per heavy atom. The van der Waals surface area contributed by atoms with Gasteiger partial charge in [0.1, 0.15) is 0 Å². The summed E-state index contributed by atoms with van der Waals surface area (Å²) < 4.78 is 10.8. The van der Waals surface area contributed by atoms with Gasteiger partial charge in [-0.15, -0.1) is 11.3 Å². The van der Waals surface area contributed by atoms with E-state index in [0.717, 1.165) is 10.4 Å². The maximum absolute atomic E-state index is 13.5. The summed E-state index contributed by atoms with van der Waals surface area (Å²) in [6.45, 7) is 12.0. The Morgan fingerprint density at radius 1 is 1.00 bits per heavy atom. The molecule has 0 N–H and O–H groups in total. The zero-order chi connectivity index (χ0) is 25.3. The summed E-state index contributed by atoms with van der Waals surface area (Å²) in [6, 6.07) is 9.86. The number of hydrogen-bond acceptors (Lipinski definition) is 5. The molecule has 0 aliphatic carbocycles. The third-order valence-electron chi connectivity index (χ3n) is 5.34. The number of methoxy groups -OCH3 is 2. The molecule has 34 heavy (non-hydrogen) atoms. The van der Waals surface area contributed by atoms with Crippen LogP contribution in [0.15, 0.2) is 35.7 Å². The molecule has 0 aliphatic heterocycles. The highest BCUT2D eigenvalue weighted by Gasteiger charge is 2.26. The molecule has 0 aliphatic rings. The predicted molar refractivity (Wildman–Crippen MR) is 138 cm³/mol. The Bertz CT molecular complexity index is 919. The molecule has 1 aromatic carbocycles. The van der Waals surface area contributed by atoms with Gasteiger partial charge in [-0.2, -0.15) is 0 Å². The molecule has 6 nitrogen and oxygen atoms in total. The summed E-state index contributed by atoms with van der Waals surface area (Å²) in [4.78, 5) is 31.2. The summed E-state index contributed by atoms with van der Waals surface area (Å²) in [5, 5.41) is 2.02. The summed E-state index contributed by atoms with van der Waals surface area (Å²) in [5.74, 6) is 1.64. The van der Waals surface area contributed by atoms with Crippen molar-refractivity contribution in [2.75, 3.05) is 33.9 Å². The molecule has 0 spiro atoms. The molecule has 188 valence electrons. The van der Waals surface area contributed by atoms with Crippen molar-refractivity contribution < 1.29 is 19.1 Å². The van der Waals surface area contributed by atoms with E-state index in [4.69, 9.17) is 9.47 Å². The van der Waals surface area contributed by atoms with E-state index >= 15 is 0 Å². The van der Waals surface area contributed by atoms with Crippen molar-refractivity contribution in [3.05, 3.63) is 46.2 Å². The summed E-state index contributed by atoms with van der Waals surface area (Å²) in [7, 11) is 3.23. The Hall–Kier alpha value is -2.54. The molecule has 0 atom stereocenters. The maximum Gasteiger partial charge on any atom is 0.242 e. The Balaban J connectivity index is 2.17. The Labute approximate surface area is 208 Å². The molecule has 0 fully saturated rings. The number of amides is 2. The number of carbonyl (C=O) groups excluding carboxylic acids is 2. The molecule has 2 aromatic rings. The lowest BCUT2D eigenvalue weighted by atomic mass is 9.91. The van der Waals surface area contributed by atoms with E-state index in [9.17, 15) is 9.59 Å². The highest BCUT2D eigenvalue weighted by Crippen LogP contribution is 2.28. The van der Waals surface area contributed by atoms with Gasteiger partial charge in [0.05, 0.1) is 27.3 Å². The number of hydrogen-bond donors (Lipinski definition) is 0. The van der Waals surface area contributed by atoms with Gasteiger partial charge >= 0.3 is 0 Å². The molecule has 1 heterocycles. The molecule has 2 rings (SSSR count). The minimum absolute atomic E-state index is 0.0308. The van der Waals surface area contributed by atoms with Crippen molar-refractivity contribution in [1.29, 1.82) is 0 Å². The molecule has 1 aromatic heterocycles. The molecule has 0 unspecified atom stereocenters. The third-order valence-corrected chi connectivity index (χ3v) is 6.20. The van der Waals surface area contributed by atoms with Crippen LogP contribution in [-0.2, 0) is 22.6 Å². The molecular formula is C27H40N2O4S. The smallest absolute Gasteiger partial charge is 0.242 e. The topological polar surface area (TPSA) is 59.1 Å². The molecular weight excluding hydrogens is 448 g/mol. The van der Waals surface area contributed by atoms with Gasteiger partial charge in [0.25, 0.3) is 0 Å². The van der Waals surface area contributed by atoms with Crippen LogP contribution in [0.3, 0.4) is 0 Å². The van der Waals surface area contributed by atoms with Crippen LogP contribution in [0.5, 0.6) is 11.5 Å². The van der Waals surface area contributed by atoms with Crippen molar-refractivity contribution in [2.45, 2.75) is 54.0 Å². The van der Waals surface area contributed by atoms with Gasteiger partial charge in [-0.05, 0) is 46.9 Å². The fraction of sp³-hybridized carbons (Fsp3) is 0.556. The van der Waals surface area contributed by atoms with Crippen molar-refractivity contribution >= 4 is 23.2 Å². The van der Waals surface area contributed by atoms with E-state index in [1.165, 1.54) is 0 Å². The van der Waals surface area contributed by atoms with E-state index in [-0.39, 0.29) is 29.7 Å². The number of nitrogens with zero attached hydrogens (tertiary/aromatic N) is 2. The second kappa shape index (κ2) is 12.8. The van der Waals surface area contributed by atoms with E-state index in [1.54, 1.807) is 30.5 Å². The van der Waals surface area contributed by atoms with Crippen molar-refractivity contribution in [2.24, 2.45) is 11.3 Å². The van der Waals surface area contributed by atoms with Gasteiger partial charge in [0.2, 0.25) is 11.8 Å². The zero-order valence-corrected chi connectivity index (χ0v) is 22.5. The number of thiophene rings is 1. The average Bonchev–Trinajstić information content (AvgIpc) is 3.27. The SMILES string of the molecule is COc1ccc(CCN(Cc2cccs2)C(=O)CN(CC(C)C)C(=O)CC(C)(C)C)cc1OC. The summed E-state index contributed by atoms with van der Waals surface area (Å²) in [5.41, 5.74) is 0.934. The minimum atomic E-state index is -0.126.